The Balaban J connectivity index is 1.15. The van der Waals surface area contributed by atoms with E-state index in [0.717, 1.165) is 46.9 Å². The summed E-state index contributed by atoms with van der Waals surface area (Å²) in [6, 6.07) is 7.74. The maximum atomic E-state index is 11.6. The second-order valence-electron chi connectivity index (χ2n) is 9.84. The number of rotatable bonds is 5. The fourth-order valence-corrected chi connectivity index (χ4v) is 8.22. The zero-order valence-corrected chi connectivity index (χ0v) is 16.0. The molecule has 1 aromatic rings. The Labute approximate surface area is 160 Å². The molecule has 27 heavy (non-hydrogen) atoms. The second-order valence-corrected chi connectivity index (χ2v) is 9.84. The highest BCUT2D eigenvalue weighted by Gasteiger charge is 2.84. The van der Waals surface area contributed by atoms with Gasteiger partial charge in [0.05, 0.1) is 18.2 Å². The van der Waals surface area contributed by atoms with Crippen LogP contribution in [0, 0.1) is 47.3 Å². The van der Waals surface area contributed by atoms with E-state index in [-0.39, 0.29) is 6.10 Å². The molecule has 9 unspecified atom stereocenters. The van der Waals surface area contributed by atoms with Gasteiger partial charge in [-0.3, -0.25) is 4.99 Å². The monoisotopic (exact) mass is 367 g/mol. The molecule has 5 aliphatic rings. The van der Waals surface area contributed by atoms with Crippen molar-refractivity contribution in [2.45, 2.75) is 38.4 Å². The van der Waals surface area contributed by atoms with Crippen LogP contribution in [-0.4, -0.2) is 29.3 Å². The van der Waals surface area contributed by atoms with Crippen molar-refractivity contribution >= 4 is 11.6 Å². The number of aliphatic hydroxyl groups is 1. The van der Waals surface area contributed by atoms with Gasteiger partial charge in [0.1, 0.15) is 5.75 Å². The first-order valence-electron chi connectivity index (χ1n) is 10.5. The van der Waals surface area contributed by atoms with Crippen LogP contribution in [0.15, 0.2) is 29.3 Å². The summed E-state index contributed by atoms with van der Waals surface area (Å²) in [4.78, 5) is 4.59. The second kappa shape index (κ2) is 5.19. The summed E-state index contributed by atoms with van der Waals surface area (Å²) in [5.74, 6) is 7.19. The molecule has 2 bridgehead atoms. The van der Waals surface area contributed by atoms with Crippen molar-refractivity contribution in [1.82, 2.24) is 0 Å². The van der Waals surface area contributed by atoms with Crippen molar-refractivity contribution in [3.05, 3.63) is 24.3 Å². The van der Waals surface area contributed by atoms with E-state index in [1.807, 2.05) is 38.1 Å². The number of hydrogen-bond donors (Lipinski definition) is 3. The van der Waals surface area contributed by atoms with Crippen molar-refractivity contribution in [3.63, 3.8) is 0 Å². The van der Waals surface area contributed by atoms with Crippen LogP contribution in [-0.2, 0) is 0 Å². The van der Waals surface area contributed by atoms with E-state index >= 15 is 0 Å². The lowest BCUT2D eigenvalue weighted by Crippen LogP contribution is -2.56. The molecule has 0 spiro atoms. The summed E-state index contributed by atoms with van der Waals surface area (Å²) in [5, 5.41) is 14.8. The Kier molecular flexibility index (Phi) is 3.12. The fraction of sp³-hybridized carbons (Fsp3) is 0.682. The topological polar surface area (TPSA) is 79.9 Å². The van der Waals surface area contributed by atoms with E-state index in [1.54, 1.807) is 0 Å². The molecule has 0 heterocycles. The van der Waals surface area contributed by atoms with Gasteiger partial charge in [0, 0.05) is 5.69 Å². The number of nitrogens with zero attached hydrogens (tertiary/aromatic N) is 1. The number of ether oxygens (including phenoxy) is 1. The van der Waals surface area contributed by atoms with Crippen LogP contribution in [0.3, 0.4) is 0 Å². The predicted molar refractivity (Wildman–Crippen MR) is 104 cm³/mol. The Morgan fingerprint density at radius 1 is 1.15 bits per heavy atom. The molecule has 0 aromatic heterocycles. The molecule has 5 nitrogen and oxygen atoms in total. The van der Waals surface area contributed by atoms with Crippen molar-refractivity contribution < 1.29 is 9.84 Å². The number of anilines is 1. The normalized spacial score (nSPS) is 47.8. The first-order chi connectivity index (χ1) is 13.0. The molecular weight excluding hydrogens is 338 g/mol. The molecular formula is C22H29N3O2. The maximum absolute atomic E-state index is 11.6. The smallest absolute Gasteiger partial charge is 0.193 e. The third-order valence-corrected chi connectivity index (χ3v) is 8.52. The molecule has 9 atom stereocenters. The van der Waals surface area contributed by atoms with Crippen molar-refractivity contribution in [1.29, 1.82) is 0 Å². The molecule has 5 aliphatic carbocycles. The molecule has 0 aliphatic heterocycles. The van der Waals surface area contributed by atoms with Gasteiger partial charge in [-0.05, 0) is 98.3 Å². The summed E-state index contributed by atoms with van der Waals surface area (Å²) in [6.07, 6.45) is 2.91. The number of hydrogen-bond acceptors (Lipinski definition) is 3. The minimum absolute atomic E-state index is 0.158. The van der Waals surface area contributed by atoms with Crippen LogP contribution in [0.1, 0.15) is 26.7 Å². The lowest BCUT2D eigenvalue weighted by atomic mass is 9.56. The van der Waals surface area contributed by atoms with E-state index in [4.69, 9.17) is 10.5 Å². The number of benzene rings is 1. The van der Waals surface area contributed by atoms with Crippen LogP contribution in [0.4, 0.5) is 5.69 Å². The largest absolute Gasteiger partial charge is 0.491 e. The number of nitrogens with two attached hydrogens (primary N) is 1. The number of guanidine groups is 1. The highest BCUT2D eigenvalue weighted by atomic mass is 16.5. The lowest BCUT2D eigenvalue weighted by Gasteiger charge is -2.51. The summed E-state index contributed by atoms with van der Waals surface area (Å²) < 4.78 is 5.66. The molecule has 144 valence electrons. The van der Waals surface area contributed by atoms with E-state index in [9.17, 15) is 5.11 Å². The summed E-state index contributed by atoms with van der Waals surface area (Å²) in [5.41, 5.74) is 6.43. The Morgan fingerprint density at radius 3 is 2.59 bits per heavy atom. The number of fused-ring (bicyclic) bond motifs is 2. The summed E-state index contributed by atoms with van der Waals surface area (Å²) in [7, 11) is 0. The predicted octanol–water partition coefficient (Wildman–Crippen LogP) is 2.71. The average Bonchev–Trinajstić information content (AvgIpc) is 3.13. The van der Waals surface area contributed by atoms with Crippen LogP contribution in [0.2, 0.25) is 0 Å². The Morgan fingerprint density at radius 2 is 1.85 bits per heavy atom. The fourth-order valence-electron chi connectivity index (χ4n) is 8.22. The first kappa shape index (κ1) is 16.2. The molecule has 5 saturated carbocycles. The Hall–Kier alpha value is -1.75. The molecule has 5 heteroatoms. The molecule has 0 amide bonds. The van der Waals surface area contributed by atoms with E-state index in [0.29, 0.717) is 24.3 Å². The highest BCUT2D eigenvalue weighted by Crippen LogP contribution is 2.85. The molecule has 4 N–H and O–H groups in total. The lowest BCUT2D eigenvalue weighted by molar-refractivity contribution is -0.123. The van der Waals surface area contributed by atoms with Crippen molar-refractivity contribution in [3.8, 4) is 5.75 Å². The first-order valence-corrected chi connectivity index (χ1v) is 10.5. The minimum atomic E-state index is -0.605. The van der Waals surface area contributed by atoms with Crippen LogP contribution >= 0.6 is 0 Å². The van der Waals surface area contributed by atoms with Crippen LogP contribution in [0.5, 0.6) is 5.75 Å². The van der Waals surface area contributed by atoms with Gasteiger partial charge in [0.25, 0.3) is 0 Å². The molecule has 1 aromatic carbocycles. The molecule has 0 saturated heterocycles. The quantitative estimate of drug-likeness (QED) is 0.552. The molecule has 0 radical (unpaired) electrons. The third-order valence-electron chi connectivity index (χ3n) is 8.52. The molecule has 6 rings (SSSR count). The van der Waals surface area contributed by atoms with Gasteiger partial charge >= 0.3 is 0 Å². The van der Waals surface area contributed by atoms with Crippen molar-refractivity contribution in [2.75, 3.05) is 11.9 Å². The van der Waals surface area contributed by atoms with Gasteiger partial charge in [-0.1, -0.05) is 0 Å². The van der Waals surface area contributed by atoms with Gasteiger partial charge in [-0.15, -0.1) is 0 Å². The van der Waals surface area contributed by atoms with Gasteiger partial charge in [0.2, 0.25) is 0 Å². The number of aliphatic imine (C=N–C) groups is 1. The van der Waals surface area contributed by atoms with Crippen LogP contribution in [0.25, 0.3) is 0 Å². The minimum Gasteiger partial charge on any atom is -0.491 e. The number of nitrogens with one attached hydrogen (secondary N) is 1. The van der Waals surface area contributed by atoms with E-state index < -0.39 is 5.60 Å². The SMILES string of the molecule is CC(C)Oc1ccc(NC(N)=NCC2(O)C3C4CC5C6C4CC3C6C52)cc1. The van der Waals surface area contributed by atoms with Crippen LogP contribution < -0.4 is 15.8 Å². The van der Waals surface area contributed by atoms with Gasteiger partial charge < -0.3 is 20.9 Å². The molecule has 5 fully saturated rings. The maximum Gasteiger partial charge on any atom is 0.193 e. The highest BCUT2D eigenvalue weighted by molar-refractivity contribution is 5.92. The van der Waals surface area contributed by atoms with Crippen molar-refractivity contribution in [2.24, 2.45) is 58.1 Å². The Bertz CT molecular complexity index is 800. The van der Waals surface area contributed by atoms with E-state index in [2.05, 4.69) is 10.3 Å². The van der Waals surface area contributed by atoms with Gasteiger partial charge in [0.15, 0.2) is 5.96 Å². The summed E-state index contributed by atoms with van der Waals surface area (Å²) in [6.45, 7) is 4.48. The third kappa shape index (κ3) is 1.96. The zero-order valence-electron chi connectivity index (χ0n) is 16.0. The van der Waals surface area contributed by atoms with E-state index in [1.165, 1.54) is 12.8 Å². The standard InChI is InChI=1S/C22H29N3O2/c1-10(2)27-12-5-3-11(4-6-12)25-21(23)24-9-22(26)19-14-8-15-17-13(14)7-16(19)18(17)20(15)22/h3-6,10,13-20,26H,7-9H2,1-2H3,(H3,23,24,25). The average molecular weight is 367 g/mol. The van der Waals surface area contributed by atoms with Gasteiger partial charge in [-0.25, -0.2) is 0 Å². The zero-order chi connectivity index (χ0) is 18.5. The van der Waals surface area contributed by atoms with Gasteiger partial charge in [-0.2, -0.15) is 0 Å². The summed E-state index contributed by atoms with van der Waals surface area (Å²) >= 11 is 0.